The Morgan fingerprint density at radius 2 is 2.21 bits per heavy atom. The van der Waals surface area contributed by atoms with Gasteiger partial charge in [-0.25, -0.2) is 9.97 Å². The fourth-order valence-corrected chi connectivity index (χ4v) is 2.77. The van der Waals surface area contributed by atoms with Crippen molar-refractivity contribution in [3.8, 4) is 0 Å². The second-order valence-corrected chi connectivity index (χ2v) is 5.56. The first-order chi connectivity index (χ1) is 9.15. The summed E-state index contributed by atoms with van der Waals surface area (Å²) >= 11 is 1.62. The molecule has 2 heterocycles. The van der Waals surface area contributed by atoms with E-state index >= 15 is 0 Å². The number of aliphatic hydroxyl groups excluding tert-OH is 1. The summed E-state index contributed by atoms with van der Waals surface area (Å²) in [6.07, 6.45) is 0. The SMILES string of the molecule is CNc1nc(CN(CCO)C(C)C)nc2sccc12. The zero-order valence-electron chi connectivity index (χ0n) is 11.6. The largest absolute Gasteiger partial charge is 0.395 e. The zero-order valence-corrected chi connectivity index (χ0v) is 12.4. The average Bonchev–Trinajstić information content (AvgIpc) is 2.85. The third-order valence-electron chi connectivity index (χ3n) is 3.07. The number of anilines is 1. The molecule has 0 aliphatic heterocycles. The minimum absolute atomic E-state index is 0.151. The molecule has 0 spiro atoms. The molecule has 0 radical (unpaired) electrons. The fourth-order valence-electron chi connectivity index (χ4n) is 1.99. The maximum Gasteiger partial charge on any atom is 0.146 e. The third kappa shape index (κ3) is 3.20. The molecule has 0 unspecified atom stereocenters. The van der Waals surface area contributed by atoms with Crippen LogP contribution in [0.3, 0.4) is 0 Å². The number of rotatable bonds is 6. The van der Waals surface area contributed by atoms with Crippen molar-refractivity contribution >= 4 is 27.4 Å². The van der Waals surface area contributed by atoms with Gasteiger partial charge in [0.15, 0.2) is 0 Å². The first-order valence-electron chi connectivity index (χ1n) is 6.42. The van der Waals surface area contributed by atoms with Crippen LogP contribution in [0.25, 0.3) is 10.2 Å². The van der Waals surface area contributed by atoms with Gasteiger partial charge in [0, 0.05) is 19.6 Å². The van der Waals surface area contributed by atoms with Gasteiger partial charge in [-0.15, -0.1) is 11.3 Å². The van der Waals surface area contributed by atoms with Crippen molar-refractivity contribution in [3.05, 3.63) is 17.3 Å². The molecule has 0 fully saturated rings. The Kier molecular flexibility index (Phi) is 4.68. The van der Waals surface area contributed by atoms with Crippen LogP contribution >= 0.6 is 11.3 Å². The number of hydrogen-bond donors (Lipinski definition) is 2. The van der Waals surface area contributed by atoms with Crippen LogP contribution in [0.15, 0.2) is 11.4 Å². The first kappa shape index (κ1) is 14.2. The molecule has 0 saturated heterocycles. The lowest BCUT2D eigenvalue weighted by Crippen LogP contribution is -2.33. The molecule has 0 aromatic carbocycles. The van der Waals surface area contributed by atoms with Gasteiger partial charge in [-0.05, 0) is 25.3 Å². The number of thiophene rings is 1. The van der Waals surface area contributed by atoms with Gasteiger partial charge in [0.05, 0.1) is 18.5 Å². The lowest BCUT2D eigenvalue weighted by atomic mass is 10.3. The molecule has 6 heteroatoms. The Morgan fingerprint density at radius 3 is 2.84 bits per heavy atom. The third-order valence-corrected chi connectivity index (χ3v) is 3.88. The molecule has 0 bridgehead atoms. The van der Waals surface area contributed by atoms with Gasteiger partial charge in [0.25, 0.3) is 0 Å². The van der Waals surface area contributed by atoms with Gasteiger partial charge in [0.1, 0.15) is 16.5 Å². The van der Waals surface area contributed by atoms with Gasteiger partial charge in [-0.3, -0.25) is 4.90 Å². The highest BCUT2D eigenvalue weighted by Crippen LogP contribution is 2.25. The van der Waals surface area contributed by atoms with Crippen LogP contribution in [0.4, 0.5) is 5.82 Å². The highest BCUT2D eigenvalue weighted by molar-refractivity contribution is 7.16. The molecule has 2 aromatic rings. The van der Waals surface area contributed by atoms with E-state index in [1.807, 2.05) is 18.5 Å². The van der Waals surface area contributed by atoms with Gasteiger partial charge in [-0.1, -0.05) is 0 Å². The Hall–Kier alpha value is -1.24. The number of nitrogens with zero attached hydrogens (tertiary/aromatic N) is 3. The van der Waals surface area contributed by atoms with Gasteiger partial charge >= 0.3 is 0 Å². The minimum Gasteiger partial charge on any atom is -0.395 e. The number of aliphatic hydroxyl groups is 1. The van der Waals surface area contributed by atoms with Crippen LogP contribution in [0.2, 0.25) is 0 Å². The van der Waals surface area contributed by atoms with Crippen LogP contribution < -0.4 is 5.32 Å². The van der Waals surface area contributed by atoms with Gasteiger partial charge in [-0.2, -0.15) is 0 Å². The van der Waals surface area contributed by atoms with Crippen molar-refractivity contribution in [1.29, 1.82) is 0 Å². The van der Waals surface area contributed by atoms with Crippen molar-refractivity contribution in [2.24, 2.45) is 0 Å². The van der Waals surface area contributed by atoms with Crippen LogP contribution in [-0.4, -0.2) is 46.2 Å². The summed E-state index contributed by atoms with van der Waals surface area (Å²) in [4.78, 5) is 12.3. The van der Waals surface area contributed by atoms with E-state index < -0.39 is 0 Å². The van der Waals surface area contributed by atoms with E-state index in [1.54, 1.807) is 11.3 Å². The van der Waals surface area contributed by atoms with Crippen molar-refractivity contribution in [2.75, 3.05) is 25.5 Å². The smallest absolute Gasteiger partial charge is 0.146 e. The van der Waals surface area contributed by atoms with E-state index in [1.165, 1.54) is 0 Å². The molecule has 2 aromatic heterocycles. The Labute approximate surface area is 117 Å². The number of fused-ring (bicyclic) bond motifs is 1. The maximum absolute atomic E-state index is 9.11. The molecule has 5 nitrogen and oxygen atoms in total. The first-order valence-corrected chi connectivity index (χ1v) is 7.30. The van der Waals surface area contributed by atoms with E-state index in [2.05, 4.69) is 34.0 Å². The second-order valence-electron chi connectivity index (χ2n) is 4.67. The molecule has 2 rings (SSSR count). The Bertz CT molecular complexity index is 540. The van der Waals surface area contributed by atoms with Crippen molar-refractivity contribution in [2.45, 2.75) is 26.4 Å². The van der Waals surface area contributed by atoms with Crippen LogP contribution in [0, 0.1) is 0 Å². The molecule has 0 aliphatic carbocycles. The summed E-state index contributed by atoms with van der Waals surface area (Å²) in [6, 6.07) is 2.39. The number of aromatic nitrogens is 2. The van der Waals surface area contributed by atoms with Crippen molar-refractivity contribution in [3.63, 3.8) is 0 Å². The molecule has 104 valence electrons. The summed E-state index contributed by atoms with van der Waals surface area (Å²) in [6.45, 7) is 5.66. The molecule has 0 aliphatic rings. The second kappa shape index (κ2) is 6.27. The lowest BCUT2D eigenvalue weighted by Gasteiger charge is -2.24. The fraction of sp³-hybridized carbons (Fsp3) is 0.538. The molecule has 0 amide bonds. The molecule has 19 heavy (non-hydrogen) atoms. The predicted molar refractivity (Wildman–Crippen MR) is 79.6 cm³/mol. The average molecular weight is 280 g/mol. The standard InChI is InChI=1S/C13H20N4OS/c1-9(2)17(5-6-18)8-11-15-12(14-3)10-4-7-19-13(10)16-11/h4,7,9,18H,5-6,8H2,1-3H3,(H,14,15,16). The Morgan fingerprint density at radius 1 is 1.42 bits per heavy atom. The molecule has 2 N–H and O–H groups in total. The minimum atomic E-state index is 0.151. The van der Waals surface area contributed by atoms with Gasteiger partial charge in [0.2, 0.25) is 0 Å². The highest BCUT2D eigenvalue weighted by Gasteiger charge is 2.13. The van der Waals surface area contributed by atoms with E-state index in [4.69, 9.17) is 5.11 Å². The summed E-state index contributed by atoms with van der Waals surface area (Å²) in [5.74, 6) is 1.66. The van der Waals surface area contributed by atoms with E-state index in [0.717, 1.165) is 21.9 Å². The van der Waals surface area contributed by atoms with Crippen molar-refractivity contribution < 1.29 is 5.11 Å². The molecule has 0 saturated carbocycles. The number of hydrogen-bond acceptors (Lipinski definition) is 6. The maximum atomic E-state index is 9.11. The molecule has 0 atom stereocenters. The predicted octanol–water partition coefficient (Wildman–Crippen LogP) is 1.94. The normalized spacial score (nSPS) is 11.7. The van der Waals surface area contributed by atoms with E-state index in [-0.39, 0.29) is 6.61 Å². The zero-order chi connectivity index (χ0) is 13.8. The number of nitrogens with one attached hydrogen (secondary N) is 1. The van der Waals surface area contributed by atoms with Crippen LogP contribution in [-0.2, 0) is 6.54 Å². The Balaban J connectivity index is 2.28. The van der Waals surface area contributed by atoms with E-state index in [0.29, 0.717) is 19.1 Å². The summed E-state index contributed by atoms with van der Waals surface area (Å²) in [5, 5.41) is 15.3. The van der Waals surface area contributed by atoms with Crippen molar-refractivity contribution in [1.82, 2.24) is 14.9 Å². The topological polar surface area (TPSA) is 61.3 Å². The molecular weight excluding hydrogens is 260 g/mol. The van der Waals surface area contributed by atoms with Gasteiger partial charge < -0.3 is 10.4 Å². The molecular formula is C13H20N4OS. The lowest BCUT2D eigenvalue weighted by molar-refractivity contribution is 0.156. The quantitative estimate of drug-likeness (QED) is 0.846. The summed E-state index contributed by atoms with van der Waals surface area (Å²) in [7, 11) is 1.87. The summed E-state index contributed by atoms with van der Waals surface area (Å²) in [5.41, 5.74) is 0. The highest BCUT2D eigenvalue weighted by atomic mass is 32.1. The monoisotopic (exact) mass is 280 g/mol. The summed E-state index contributed by atoms with van der Waals surface area (Å²) < 4.78 is 0. The van der Waals surface area contributed by atoms with E-state index in [9.17, 15) is 0 Å². The van der Waals surface area contributed by atoms with Crippen LogP contribution in [0.1, 0.15) is 19.7 Å². The van der Waals surface area contributed by atoms with Crippen LogP contribution in [0.5, 0.6) is 0 Å².